The average molecular weight is 275 g/mol. The summed E-state index contributed by atoms with van der Waals surface area (Å²) in [5.41, 5.74) is 9.85. The van der Waals surface area contributed by atoms with Crippen LogP contribution < -0.4 is 5.73 Å². The van der Waals surface area contributed by atoms with Crippen molar-refractivity contribution in [2.24, 2.45) is 16.6 Å². The number of benzene rings is 1. The maximum absolute atomic E-state index is 10.9. The van der Waals surface area contributed by atoms with Crippen molar-refractivity contribution in [3.8, 4) is 0 Å². The molecule has 1 aliphatic rings. The van der Waals surface area contributed by atoms with Crippen molar-refractivity contribution in [3.05, 3.63) is 34.9 Å². The predicted molar refractivity (Wildman–Crippen MR) is 84.7 cm³/mol. The second-order valence-corrected chi connectivity index (χ2v) is 7.42. The van der Waals surface area contributed by atoms with Gasteiger partial charge in [0.2, 0.25) is 0 Å². The molecule has 2 nitrogen and oxygen atoms in total. The molecule has 1 aromatic carbocycles. The van der Waals surface area contributed by atoms with E-state index in [9.17, 15) is 5.11 Å². The van der Waals surface area contributed by atoms with Crippen LogP contribution in [0.4, 0.5) is 0 Å². The zero-order valence-corrected chi connectivity index (χ0v) is 13.4. The van der Waals surface area contributed by atoms with Crippen LogP contribution in [0.3, 0.4) is 0 Å². The fraction of sp³-hybridized carbons (Fsp3) is 0.667. The standard InChI is InChI=1S/C18H29NO/c1-13-6-7-14(2)15(10-13)11-18(12-19)9-5-8-17(3,4)16(18)20/h6-7,10,16,20H,5,8-9,11-12,19H2,1-4H3. The molecule has 112 valence electrons. The maximum Gasteiger partial charge on any atom is 0.0662 e. The Hall–Kier alpha value is -0.860. The van der Waals surface area contributed by atoms with E-state index in [-0.39, 0.29) is 16.9 Å². The molecule has 0 heterocycles. The molecule has 0 amide bonds. The van der Waals surface area contributed by atoms with E-state index in [1.54, 1.807) is 0 Å². The van der Waals surface area contributed by atoms with Crippen LogP contribution in [0.2, 0.25) is 0 Å². The third-order valence-electron chi connectivity index (χ3n) is 5.27. The minimum absolute atomic E-state index is 0.0324. The molecular formula is C18H29NO. The summed E-state index contributed by atoms with van der Waals surface area (Å²) >= 11 is 0. The van der Waals surface area contributed by atoms with Crippen LogP contribution in [-0.2, 0) is 6.42 Å². The zero-order valence-electron chi connectivity index (χ0n) is 13.4. The molecule has 2 rings (SSSR count). The second kappa shape index (κ2) is 5.50. The first-order valence-corrected chi connectivity index (χ1v) is 7.75. The molecule has 20 heavy (non-hydrogen) atoms. The van der Waals surface area contributed by atoms with E-state index < -0.39 is 0 Å². The number of aliphatic hydroxyl groups excluding tert-OH is 1. The van der Waals surface area contributed by atoms with E-state index in [2.05, 4.69) is 45.9 Å². The summed E-state index contributed by atoms with van der Waals surface area (Å²) in [7, 11) is 0. The number of nitrogens with two attached hydrogens (primary N) is 1. The van der Waals surface area contributed by atoms with Crippen LogP contribution in [0.25, 0.3) is 0 Å². The Bertz CT molecular complexity index is 480. The summed E-state index contributed by atoms with van der Waals surface area (Å²) in [5, 5.41) is 10.9. The van der Waals surface area contributed by atoms with Gasteiger partial charge < -0.3 is 10.8 Å². The van der Waals surface area contributed by atoms with Crippen molar-refractivity contribution in [2.45, 2.75) is 59.5 Å². The minimum atomic E-state index is -0.325. The highest BCUT2D eigenvalue weighted by Gasteiger charge is 2.47. The Morgan fingerprint density at radius 2 is 1.95 bits per heavy atom. The Labute approximate surface area is 123 Å². The summed E-state index contributed by atoms with van der Waals surface area (Å²) in [6, 6.07) is 6.57. The van der Waals surface area contributed by atoms with Crippen molar-refractivity contribution >= 4 is 0 Å². The molecule has 1 fully saturated rings. The van der Waals surface area contributed by atoms with Crippen LogP contribution in [0.1, 0.15) is 49.8 Å². The summed E-state index contributed by atoms with van der Waals surface area (Å²) in [6.07, 6.45) is 3.84. The van der Waals surface area contributed by atoms with Gasteiger partial charge >= 0.3 is 0 Å². The summed E-state index contributed by atoms with van der Waals surface area (Å²) in [4.78, 5) is 0. The third-order valence-corrected chi connectivity index (χ3v) is 5.27. The highest BCUT2D eigenvalue weighted by atomic mass is 16.3. The molecule has 3 N–H and O–H groups in total. The number of hydrogen-bond acceptors (Lipinski definition) is 2. The molecule has 1 aromatic rings. The van der Waals surface area contributed by atoms with Crippen molar-refractivity contribution in [1.82, 2.24) is 0 Å². The van der Waals surface area contributed by atoms with Crippen LogP contribution in [0.5, 0.6) is 0 Å². The van der Waals surface area contributed by atoms with E-state index in [1.807, 2.05) is 0 Å². The lowest BCUT2D eigenvalue weighted by atomic mass is 9.59. The van der Waals surface area contributed by atoms with Crippen molar-refractivity contribution < 1.29 is 5.11 Å². The Balaban J connectivity index is 2.34. The first-order chi connectivity index (χ1) is 9.31. The van der Waals surface area contributed by atoms with Crippen LogP contribution in [0.15, 0.2) is 18.2 Å². The molecule has 0 spiro atoms. The lowest BCUT2D eigenvalue weighted by Crippen LogP contribution is -2.53. The normalized spacial score (nSPS) is 29.4. The molecule has 0 aromatic heterocycles. The van der Waals surface area contributed by atoms with Gasteiger partial charge in [-0.1, -0.05) is 44.0 Å². The molecule has 0 aliphatic heterocycles. The van der Waals surface area contributed by atoms with Gasteiger partial charge in [-0.2, -0.15) is 0 Å². The second-order valence-electron chi connectivity index (χ2n) is 7.42. The highest BCUT2D eigenvalue weighted by molar-refractivity contribution is 5.32. The monoisotopic (exact) mass is 275 g/mol. The lowest BCUT2D eigenvalue weighted by molar-refractivity contribution is -0.0885. The molecule has 0 radical (unpaired) electrons. The molecule has 0 bridgehead atoms. The van der Waals surface area contributed by atoms with E-state index in [1.165, 1.54) is 16.7 Å². The lowest BCUT2D eigenvalue weighted by Gasteiger charge is -2.49. The fourth-order valence-corrected chi connectivity index (χ4v) is 3.84. The van der Waals surface area contributed by atoms with E-state index >= 15 is 0 Å². The predicted octanol–water partition coefficient (Wildman–Crippen LogP) is 3.36. The molecule has 2 atom stereocenters. The number of rotatable bonds is 3. The highest BCUT2D eigenvalue weighted by Crippen LogP contribution is 2.47. The van der Waals surface area contributed by atoms with Gasteiger partial charge in [-0.3, -0.25) is 0 Å². The van der Waals surface area contributed by atoms with Crippen LogP contribution in [0, 0.1) is 24.7 Å². The molecule has 2 unspecified atom stereocenters. The van der Waals surface area contributed by atoms with Gasteiger partial charge in [0.1, 0.15) is 0 Å². The SMILES string of the molecule is Cc1ccc(C)c(CC2(CN)CCCC(C)(C)C2O)c1. The summed E-state index contributed by atoms with van der Waals surface area (Å²) in [5.74, 6) is 0. The van der Waals surface area contributed by atoms with E-state index in [4.69, 9.17) is 5.73 Å². The van der Waals surface area contributed by atoms with Gasteiger partial charge in [0.15, 0.2) is 0 Å². The summed E-state index contributed by atoms with van der Waals surface area (Å²) in [6.45, 7) is 9.18. The average Bonchev–Trinajstić information content (AvgIpc) is 2.39. The van der Waals surface area contributed by atoms with E-state index in [0.29, 0.717) is 6.54 Å². The summed E-state index contributed by atoms with van der Waals surface area (Å²) < 4.78 is 0. The molecule has 1 saturated carbocycles. The van der Waals surface area contributed by atoms with Crippen molar-refractivity contribution in [1.29, 1.82) is 0 Å². The van der Waals surface area contributed by atoms with Crippen LogP contribution in [-0.4, -0.2) is 17.8 Å². The number of hydrogen-bond donors (Lipinski definition) is 2. The minimum Gasteiger partial charge on any atom is -0.392 e. The number of aryl methyl sites for hydroxylation is 2. The molecule has 1 aliphatic carbocycles. The zero-order chi connectivity index (χ0) is 15.0. The van der Waals surface area contributed by atoms with Crippen molar-refractivity contribution in [3.63, 3.8) is 0 Å². The Kier molecular flexibility index (Phi) is 4.27. The first-order valence-electron chi connectivity index (χ1n) is 7.75. The third kappa shape index (κ3) is 2.77. The Morgan fingerprint density at radius 3 is 2.60 bits per heavy atom. The van der Waals surface area contributed by atoms with Gasteiger partial charge in [0, 0.05) is 12.0 Å². The first kappa shape index (κ1) is 15.5. The quantitative estimate of drug-likeness (QED) is 0.888. The topological polar surface area (TPSA) is 46.2 Å². The Morgan fingerprint density at radius 1 is 1.25 bits per heavy atom. The number of aliphatic hydroxyl groups is 1. The largest absolute Gasteiger partial charge is 0.392 e. The molecule has 0 saturated heterocycles. The molecular weight excluding hydrogens is 246 g/mol. The maximum atomic E-state index is 10.9. The molecule has 2 heteroatoms. The van der Waals surface area contributed by atoms with Gasteiger partial charge in [-0.05, 0) is 49.7 Å². The van der Waals surface area contributed by atoms with Gasteiger partial charge in [0.05, 0.1) is 6.10 Å². The van der Waals surface area contributed by atoms with E-state index in [0.717, 1.165) is 25.7 Å². The van der Waals surface area contributed by atoms with Crippen molar-refractivity contribution in [2.75, 3.05) is 6.54 Å². The van der Waals surface area contributed by atoms with Gasteiger partial charge in [0.25, 0.3) is 0 Å². The smallest absolute Gasteiger partial charge is 0.0662 e. The van der Waals surface area contributed by atoms with Gasteiger partial charge in [-0.25, -0.2) is 0 Å². The van der Waals surface area contributed by atoms with Crippen LogP contribution >= 0.6 is 0 Å². The van der Waals surface area contributed by atoms with Gasteiger partial charge in [-0.15, -0.1) is 0 Å². The fourth-order valence-electron chi connectivity index (χ4n) is 3.84.